The van der Waals surface area contributed by atoms with Gasteiger partial charge >= 0.3 is 0 Å². The number of halogens is 2. The summed E-state index contributed by atoms with van der Waals surface area (Å²) >= 11 is 12.3. The number of hydrogen-bond donors (Lipinski definition) is 1. The third-order valence-corrected chi connectivity index (χ3v) is 6.22. The van der Waals surface area contributed by atoms with Gasteiger partial charge < -0.3 is 9.94 Å². The second-order valence-corrected chi connectivity index (χ2v) is 7.54. The first kappa shape index (κ1) is 17.1. The van der Waals surface area contributed by atoms with E-state index in [0.29, 0.717) is 21.9 Å². The van der Waals surface area contributed by atoms with Crippen molar-refractivity contribution in [3.63, 3.8) is 0 Å². The van der Waals surface area contributed by atoms with Crippen LogP contribution in [0.4, 0.5) is 0 Å². The van der Waals surface area contributed by atoms with Gasteiger partial charge in [0, 0.05) is 5.92 Å². The molecule has 2 aliphatic carbocycles. The Morgan fingerprint density at radius 3 is 2.70 bits per heavy atom. The highest BCUT2D eigenvalue weighted by Gasteiger charge is 2.48. The fourth-order valence-electron chi connectivity index (χ4n) is 4.58. The van der Waals surface area contributed by atoms with E-state index < -0.39 is 0 Å². The minimum atomic E-state index is -0.244. The standard InChI is InChI=1S/C18H23Cl2NO2/c1-3-16(21-23-2)18-12(6-10-7-13(18)17(22)8-10)11-4-5-14(19)15(20)9-11/h4-5,9-10,12-13,17-18,22H,3,6-8H2,1-2H3/t10?,12-,13-,17?,18+/m1/s1. The molecule has 2 aliphatic rings. The smallest absolute Gasteiger partial charge is 0.106 e. The molecule has 5 atom stereocenters. The molecule has 2 unspecified atom stereocenters. The molecule has 1 N–H and O–H groups in total. The molecule has 0 saturated heterocycles. The van der Waals surface area contributed by atoms with E-state index in [1.54, 1.807) is 7.11 Å². The van der Waals surface area contributed by atoms with Gasteiger partial charge in [0.15, 0.2) is 0 Å². The lowest BCUT2D eigenvalue weighted by Gasteiger charge is -2.38. The molecule has 2 bridgehead atoms. The number of hydrogen-bond acceptors (Lipinski definition) is 3. The summed E-state index contributed by atoms with van der Waals surface area (Å²) in [5.41, 5.74) is 2.22. The summed E-state index contributed by atoms with van der Waals surface area (Å²) in [5, 5.41) is 15.9. The second kappa shape index (κ2) is 7.00. The van der Waals surface area contributed by atoms with Crippen LogP contribution in [0.25, 0.3) is 0 Å². The highest BCUT2D eigenvalue weighted by Crippen LogP contribution is 2.53. The molecule has 3 nitrogen and oxygen atoms in total. The van der Waals surface area contributed by atoms with E-state index >= 15 is 0 Å². The van der Waals surface area contributed by atoms with E-state index in [4.69, 9.17) is 28.0 Å². The van der Waals surface area contributed by atoms with Crippen molar-refractivity contribution in [2.24, 2.45) is 22.9 Å². The summed E-state index contributed by atoms with van der Waals surface area (Å²) in [6.45, 7) is 2.09. The predicted octanol–water partition coefficient (Wildman–Crippen LogP) is 4.90. The summed E-state index contributed by atoms with van der Waals surface area (Å²) in [5.74, 6) is 1.33. The molecule has 2 fully saturated rings. The number of oxime groups is 1. The Bertz CT molecular complexity index is 605. The van der Waals surface area contributed by atoms with Crippen LogP contribution < -0.4 is 0 Å². The molecule has 0 aromatic heterocycles. The number of rotatable bonds is 4. The van der Waals surface area contributed by atoms with Gasteiger partial charge in [0.2, 0.25) is 0 Å². The van der Waals surface area contributed by atoms with Gasteiger partial charge in [0.1, 0.15) is 7.11 Å². The Morgan fingerprint density at radius 1 is 1.26 bits per heavy atom. The fraction of sp³-hybridized carbons (Fsp3) is 0.611. The van der Waals surface area contributed by atoms with Gasteiger partial charge in [-0.15, -0.1) is 0 Å². The lowest BCUT2D eigenvalue weighted by molar-refractivity contribution is 0.106. The first-order chi connectivity index (χ1) is 11.0. The lowest BCUT2D eigenvalue weighted by atomic mass is 9.67. The number of aliphatic hydroxyl groups excluding tert-OH is 1. The minimum Gasteiger partial charge on any atom is -0.399 e. The summed E-state index contributed by atoms with van der Waals surface area (Å²) in [7, 11) is 1.58. The highest BCUT2D eigenvalue weighted by atomic mass is 35.5. The van der Waals surface area contributed by atoms with E-state index in [1.165, 1.54) is 5.56 Å². The van der Waals surface area contributed by atoms with Crippen LogP contribution in [0.5, 0.6) is 0 Å². The van der Waals surface area contributed by atoms with E-state index in [0.717, 1.165) is 31.4 Å². The Kier molecular flexibility index (Phi) is 5.19. The fourth-order valence-corrected chi connectivity index (χ4v) is 4.89. The molecule has 1 aromatic rings. The largest absolute Gasteiger partial charge is 0.399 e. The zero-order valence-corrected chi connectivity index (χ0v) is 15.0. The number of fused-ring (bicyclic) bond motifs is 2. The van der Waals surface area contributed by atoms with Gasteiger partial charge in [-0.2, -0.15) is 0 Å². The van der Waals surface area contributed by atoms with Crippen LogP contribution in [0.1, 0.15) is 44.1 Å². The summed E-state index contributed by atoms with van der Waals surface area (Å²) in [6, 6.07) is 5.89. The van der Waals surface area contributed by atoms with Gasteiger partial charge in [0.05, 0.1) is 21.9 Å². The van der Waals surface area contributed by atoms with Gasteiger partial charge in [0.25, 0.3) is 0 Å². The maximum absolute atomic E-state index is 10.5. The van der Waals surface area contributed by atoms with Crippen LogP contribution in [0, 0.1) is 17.8 Å². The SMILES string of the molecule is CCC(=NOC)[C@H]1[C@@H](c2ccc(Cl)c(Cl)c2)CC2CC(O)[C@H]1C2. The predicted molar refractivity (Wildman–Crippen MR) is 94.3 cm³/mol. The number of aliphatic hydroxyl groups is 1. The number of nitrogens with zero attached hydrogens (tertiary/aromatic N) is 1. The van der Waals surface area contributed by atoms with Crippen molar-refractivity contribution in [2.45, 2.75) is 44.6 Å². The quantitative estimate of drug-likeness (QED) is 0.616. The lowest BCUT2D eigenvalue weighted by Crippen LogP contribution is -2.36. The molecular formula is C18H23Cl2NO2. The zero-order chi connectivity index (χ0) is 16.6. The first-order valence-corrected chi connectivity index (χ1v) is 9.03. The number of benzene rings is 1. The van der Waals surface area contributed by atoms with Crippen molar-refractivity contribution in [3.05, 3.63) is 33.8 Å². The molecule has 0 spiro atoms. The molecule has 5 heteroatoms. The van der Waals surface area contributed by atoms with Crippen molar-refractivity contribution in [1.82, 2.24) is 0 Å². The molecule has 0 radical (unpaired) electrons. The molecule has 23 heavy (non-hydrogen) atoms. The normalized spacial score (nSPS) is 33.8. The Hall–Kier alpha value is -0.770. The molecule has 126 valence electrons. The summed E-state index contributed by atoms with van der Waals surface area (Å²) < 4.78 is 0. The Morgan fingerprint density at radius 2 is 2.04 bits per heavy atom. The molecule has 1 aromatic carbocycles. The topological polar surface area (TPSA) is 41.8 Å². The van der Waals surface area contributed by atoms with Crippen molar-refractivity contribution in [1.29, 1.82) is 0 Å². The van der Waals surface area contributed by atoms with Crippen LogP contribution in [-0.2, 0) is 4.84 Å². The molecule has 0 amide bonds. The third kappa shape index (κ3) is 3.24. The molecule has 0 aliphatic heterocycles. The van der Waals surface area contributed by atoms with E-state index in [2.05, 4.69) is 18.1 Å². The van der Waals surface area contributed by atoms with Crippen molar-refractivity contribution in [3.8, 4) is 0 Å². The second-order valence-electron chi connectivity index (χ2n) is 6.73. The van der Waals surface area contributed by atoms with Gasteiger partial charge in [-0.25, -0.2) is 0 Å². The van der Waals surface area contributed by atoms with Crippen LogP contribution in [0.2, 0.25) is 10.0 Å². The molecule has 0 heterocycles. The maximum atomic E-state index is 10.5. The van der Waals surface area contributed by atoms with Crippen LogP contribution in [0.3, 0.4) is 0 Å². The first-order valence-electron chi connectivity index (χ1n) is 8.28. The van der Waals surface area contributed by atoms with Crippen LogP contribution in [-0.4, -0.2) is 24.0 Å². The van der Waals surface area contributed by atoms with Gasteiger partial charge in [-0.3, -0.25) is 0 Å². The zero-order valence-electron chi connectivity index (χ0n) is 13.5. The van der Waals surface area contributed by atoms with Crippen LogP contribution >= 0.6 is 23.2 Å². The Balaban J connectivity index is 2.01. The summed E-state index contributed by atoms with van der Waals surface area (Å²) in [6.07, 6.45) is 3.60. The average Bonchev–Trinajstić information content (AvgIpc) is 2.83. The average molecular weight is 356 g/mol. The maximum Gasteiger partial charge on any atom is 0.106 e. The third-order valence-electron chi connectivity index (χ3n) is 5.48. The molecular weight excluding hydrogens is 333 g/mol. The molecule has 2 saturated carbocycles. The monoisotopic (exact) mass is 355 g/mol. The van der Waals surface area contributed by atoms with Crippen LogP contribution in [0.15, 0.2) is 23.4 Å². The van der Waals surface area contributed by atoms with Crippen molar-refractivity contribution in [2.75, 3.05) is 7.11 Å². The van der Waals surface area contributed by atoms with E-state index in [9.17, 15) is 5.11 Å². The van der Waals surface area contributed by atoms with Gasteiger partial charge in [-0.1, -0.05) is 41.3 Å². The van der Waals surface area contributed by atoms with Crippen molar-refractivity contribution < 1.29 is 9.94 Å². The minimum absolute atomic E-state index is 0.200. The van der Waals surface area contributed by atoms with Gasteiger partial charge in [-0.05, 0) is 61.1 Å². The molecule has 3 rings (SSSR count). The Labute approximate surface area is 147 Å². The summed E-state index contributed by atoms with van der Waals surface area (Å²) in [4.78, 5) is 5.08. The highest BCUT2D eigenvalue weighted by molar-refractivity contribution is 6.42. The van der Waals surface area contributed by atoms with E-state index in [-0.39, 0.29) is 17.9 Å². The van der Waals surface area contributed by atoms with E-state index in [1.807, 2.05) is 12.1 Å². The van der Waals surface area contributed by atoms with Crippen molar-refractivity contribution >= 4 is 28.9 Å².